The molecule has 0 saturated carbocycles. The summed E-state index contributed by atoms with van der Waals surface area (Å²) in [6.07, 6.45) is 1.88. The highest BCUT2D eigenvalue weighted by molar-refractivity contribution is 5.43. The number of nitrogens with zero attached hydrogens (tertiary/aromatic N) is 3. The van der Waals surface area contributed by atoms with Crippen LogP contribution in [0.15, 0.2) is 18.2 Å². The summed E-state index contributed by atoms with van der Waals surface area (Å²) in [6.45, 7) is 6.20. The van der Waals surface area contributed by atoms with Crippen molar-refractivity contribution in [3.8, 4) is 5.69 Å². The average molecular weight is 245 g/mol. The van der Waals surface area contributed by atoms with Gasteiger partial charge in [0.05, 0.1) is 18.0 Å². The van der Waals surface area contributed by atoms with Crippen LogP contribution in [0.3, 0.4) is 0 Å². The third-order valence-corrected chi connectivity index (χ3v) is 3.06. The van der Waals surface area contributed by atoms with E-state index in [0.717, 1.165) is 24.2 Å². The summed E-state index contributed by atoms with van der Waals surface area (Å²) in [4.78, 5) is 0. The second kappa shape index (κ2) is 5.31. The van der Waals surface area contributed by atoms with Gasteiger partial charge in [-0.15, -0.1) is 5.10 Å². The van der Waals surface area contributed by atoms with Gasteiger partial charge < -0.3 is 5.11 Å². The normalized spacial score (nSPS) is 10.9. The van der Waals surface area contributed by atoms with Crippen molar-refractivity contribution in [1.29, 1.82) is 0 Å². The number of aliphatic hydroxyl groups excluding tert-OH is 1. The summed E-state index contributed by atoms with van der Waals surface area (Å²) < 4.78 is 1.85. The van der Waals surface area contributed by atoms with Crippen LogP contribution in [0, 0.1) is 13.8 Å². The molecule has 0 spiro atoms. The summed E-state index contributed by atoms with van der Waals surface area (Å²) in [5.41, 5.74) is 5.12. The first kappa shape index (κ1) is 12.8. The first-order chi connectivity index (χ1) is 8.67. The Morgan fingerprint density at radius 1 is 1.28 bits per heavy atom. The number of hydrogen-bond acceptors (Lipinski definition) is 3. The maximum Gasteiger partial charge on any atom is 0.112 e. The monoisotopic (exact) mass is 245 g/mol. The van der Waals surface area contributed by atoms with E-state index in [1.807, 2.05) is 4.68 Å². The zero-order valence-corrected chi connectivity index (χ0v) is 11.1. The number of hydrogen-bond donors (Lipinski definition) is 1. The SMILES string of the molecule is CCCc1c(CO)nnn1-c1ccc(C)cc1C. The van der Waals surface area contributed by atoms with Crippen LogP contribution in [-0.4, -0.2) is 20.1 Å². The predicted molar refractivity (Wildman–Crippen MR) is 70.8 cm³/mol. The molecule has 1 aromatic carbocycles. The zero-order valence-electron chi connectivity index (χ0n) is 11.1. The number of aryl methyl sites for hydroxylation is 2. The van der Waals surface area contributed by atoms with E-state index < -0.39 is 0 Å². The van der Waals surface area contributed by atoms with Gasteiger partial charge in [0, 0.05) is 0 Å². The second-order valence-electron chi connectivity index (χ2n) is 4.59. The molecule has 1 heterocycles. The van der Waals surface area contributed by atoms with Crippen molar-refractivity contribution in [2.75, 3.05) is 0 Å². The van der Waals surface area contributed by atoms with Crippen LogP contribution in [0.5, 0.6) is 0 Å². The standard InChI is InChI=1S/C14H19N3O/c1-4-5-14-12(9-18)15-16-17(14)13-7-6-10(2)8-11(13)3/h6-8,18H,4-5,9H2,1-3H3. The van der Waals surface area contributed by atoms with Gasteiger partial charge >= 0.3 is 0 Å². The lowest BCUT2D eigenvalue weighted by Gasteiger charge is -2.10. The molecule has 4 nitrogen and oxygen atoms in total. The van der Waals surface area contributed by atoms with E-state index in [0.29, 0.717) is 5.69 Å². The van der Waals surface area contributed by atoms with Gasteiger partial charge in [-0.3, -0.25) is 0 Å². The van der Waals surface area contributed by atoms with Crippen LogP contribution in [0.2, 0.25) is 0 Å². The van der Waals surface area contributed by atoms with Crippen molar-refractivity contribution >= 4 is 0 Å². The van der Waals surface area contributed by atoms with Crippen molar-refractivity contribution in [1.82, 2.24) is 15.0 Å². The van der Waals surface area contributed by atoms with E-state index in [1.54, 1.807) is 0 Å². The Labute approximate surface area is 107 Å². The quantitative estimate of drug-likeness (QED) is 0.899. The fraction of sp³-hybridized carbons (Fsp3) is 0.429. The fourth-order valence-corrected chi connectivity index (χ4v) is 2.18. The molecule has 0 fully saturated rings. The number of aliphatic hydroxyl groups is 1. The molecule has 96 valence electrons. The Bertz CT molecular complexity index is 546. The first-order valence-corrected chi connectivity index (χ1v) is 6.29. The van der Waals surface area contributed by atoms with Crippen molar-refractivity contribution in [2.24, 2.45) is 0 Å². The summed E-state index contributed by atoms with van der Waals surface area (Å²) in [7, 11) is 0. The zero-order chi connectivity index (χ0) is 13.1. The van der Waals surface area contributed by atoms with Gasteiger partial charge in [-0.05, 0) is 31.9 Å². The molecule has 0 radical (unpaired) electrons. The van der Waals surface area contributed by atoms with Gasteiger partial charge in [0.2, 0.25) is 0 Å². The van der Waals surface area contributed by atoms with E-state index in [4.69, 9.17) is 0 Å². The summed E-state index contributed by atoms with van der Waals surface area (Å²) in [5.74, 6) is 0. The van der Waals surface area contributed by atoms with E-state index >= 15 is 0 Å². The van der Waals surface area contributed by atoms with Gasteiger partial charge in [-0.25, -0.2) is 4.68 Å². The Hall–Kier alpha value is -1.68. The lowest BCUT2D eigenvalue weighted by atomic mass is 10.1. The van der Waals surface area contributed by atoms with Crippen LogP contribution in [0.1, 0.15) is 35.9 Å². The Balaban J connectivity index is 2.52. The predicted octanol–water partition coefficient (Wildman–Crippen LogP) is 2.33. The highest BCUT2D eigenvalue weighted by Crippen LogP contribution is 2.19. The Morgan fingerprint density at radius 3 is 2.67 bits per heavy atom. The summed E-state index contributed by atoms with van der Waals surface area (Å²) >= 11 is 0. The molecular weight excluding hydrogens is 226 g/mol. The number of aromatic nitrogens is 3. The van der Waals surface area contributed by atoms with Crippen LogP contribution >= 0.6 is 0 Å². The minimum absolute atomic E-state index is 0.0553. The minimum atomic E-state index is -0.0553. The van der Waals surface area contributed by atoms with Gasteiger partial charge in [0.15, 0.2) is 0 Å². The van der Waals surface area contributed by atoms with Crippen LogP contribution < -0.4 is 0 Å². The van der Waals surface area contributed by atoms with Crippen molar-refractivity contribution in [3.05, 3.63) is 40.7 Å². The molecular formula is C14H19N3O. The van der Waals surface area contributed by atoms with E-state index in [9.17, 15) is 5.11 Å². The third kappa shape index (κ3) is 2.29. The molecule has 2 rings (SSSR count). The van der Waals surface area contributed by atoms with Crippen molar-refractivity contribution in [2.45, 2.75) is 40.2 Å². The molecule has 0 bridgehead atoms. The molecule has 0 aliphatic heterocycles. The smallest absolute Gasteiger partial charge is 0.112 e. The summed E-state index contributed by atoms with van der Waals surface area (Å²) in [6, 6.07) is 6.25. The van der Waals surface area contributed by atoms with Crippen LogP contribution in [0.25, 0.3) is 5.69 Å². The molecule has 0 aliphatic rings. The molecule has 0 atom stereocenters. The molecule has 4 heteroatoms. The lowest BCUT2D eigenvalue weighted by molar-refractivity contribution is 0.275. The fourth-order valence-electron chi connectivity index (χ4n) is 2.18. The topological polar surface area (TPSA) is 50.9 Å². The molecule has 0 saturated heterocycles. The molecule has 1 N–H and O–H groups in total. The largest absolute Gasteiger partial charge is 0.390 e. The van der Waals surface area contributed by atoms with Crippen LogP contribution in [0.4, 0.5) is 0 Å². The maximum atomic E-state index is 9.30. The van der Waals surface area contributed by atoms with Gasteiger partial charge in [0.1, 0.15) is 5.69 Å². The second-order valence-corrected chi connectivity index (χ2v) is 4.59. The van der Waals surface area contributed by atoms with Crippen molar-refractivity contribution in [3.63, 3.8) is 0 Å². The average Bonchev–Trinajstić information content (AvgIpc) is 2.73. The molecule has 1 aromatic heterocycles. The highest BCUT2D eigenvalue weighted by Gasteiger charge is 2.13. The van der Waals surface area contributed by atoms with Crippen LogP contribution in [-0.2, 0) is 13.0 Å². The third-order valence-electron chi connectivity index (χ3n) is 3.06. The lowest BCUT2D eigenvalue weighted by Crippen LogP contribution is -2.05. The molecule has 0 aliphatic carbocycles. The summed E-state index contributed by atoms with van der Waals surface area (Å²) in [5, 5.41) is 17.5. The molecule has 0 amide bonds. The number of benzene rings is 1. The highest BCUT2D eigenvalue weighted by atomic mass is 16.3. The maximum absolute atomic E-state index is 9.30. The van der Waals surface area contributed by atoms with E-state index in [-0.39, 0.29) is 6.61 Å². The molecule has 18 heavy (non-hydrogen) atoms. The van der Waals surface area contributed by atoms with Gasteiger partial charge in [-0.2, -0.15) is 0 Å². The van der Waals surface area contributed by atoms with E-state index in [1.165, 1.54) is 11.1 Å². The Kier molecular flexibility index (Phi) is 3.77. The minimum Gasteiger partial charge on any atom is -0.390 e. The van der Waals surface area contributed by atoms with Gasteiger partial charge in [0.25, 0.3) is 0 Å². The first-order valence-electron chi connectivity index (χ1n) is 6.29. The van der Waals surface area contributed by atoms with E-state index in [2.05, 4.69) is 49.3 Å². The van der Waals surface area contributed by atoms with Crippen molar-refractivity contribution < 1.29 is 5.11 Å². The molecule has 2 aromatic rings. The number of rotatable bonds is 4. The van der Waals surface area contributed by atoms with Gasteiger partial charge in [-0.1, -0.05) is 36.3 Å². The Morgan fingerprint density at radius 2 is 2.06 bits per heavy atom. The molecule has 0 unspecified atom stereocenters.